The minimum absolute atomic E-state index is 0.0902. The van der Waals surface area contributed by atoms with Gasteiger partial charge in [-0.3, -0.25) is 4.79 Å². The maximum absolute atomic E-state index is 9.73. The lowest BCUT2D eigenvalue weighted by atomic mass is 10.0. The minimum Gasteiger partial charge on any atom is -0.387 e. The topological polar surface area (TPSA) is 75.4 Å². The molecule has 1 aromatic rings. The summed E-state index contributed by atoms with van der Waals surface area (Å²) in [6.07, 6.45) is 0.0243. The molecule has 0 heterocycles. The molecule has 0 aliphatic carbocycles. The van der Waals surface area contributed by atoms with Gasteiger partial charge < -0.3 is 16.2 Å². The van der Waals surface area contributed by atoms with Crippen LogP contribution >= 0.6 is 0 Å². The van der Waals surface area contributed by atoms with Crippen LogP contribution < -0.4 is 11.1 Å². The predicted octanol–water partition coefficient (Wildman–Crippen LogP) is 1.21. The molecule has 96 valence electrons. The molecule has 1 rings (SSSR count). The smallest absolute Gasteiger partial charge is 0.217 e. The third kappa shape index (κ3) is 6.71. The Morgan fingerprint density at radius 2 is 1.88 bits per heavy atom. The van der Waals surface area contributed by atoms with Crippen molar-refractivity contribution >= 4 is 5.91 Å². The summed E-state index contributed by atoms with van der Waals surface area (Å²) in [4.78, 5) is 9.59. The molecular weight excluding hydrogens is 216 g/mol. The second kappa shape index (κ2) is 8.73. The fourth-order valence-electron chi connectivity index (χ4n) is 1.10. The number of carbonyl (C=O) groups is 1. The van der Waals surface area contributed by atoms with E-state index in [4.69, 9.17) is 0 Å². The summed E-state index contributed by atoms with van der Waals surface area (Å²) in [7, 11) is 1.84. The molecule has 4 heteroatoms. The first-order valence-corrected chi connectivity index (χ1v) is 5.71. The zero-order valence-corrected chi connectivity index (χ0v) is 10.7. The van der Waals surface area contributed by atoms with Gasteiger partial charge >= 0.3 is 0 Å². The molecule has 1 amide bonds. The van der Waals surface area contributed by atoms with Gasteiger partial charge in [-0.15, -0.1) is 0 Å². The molecule has 0 saturated heterocycles. The Hall–Kier alpha value is -1.39. The molecule has 0 radical (unpaired) electrons. The van der Waals surface area contributed by atoms with Crippen molar-refractivity contribution in [3.05, 3.63) is 35.9 Å². The lowest BCUT2D eigenvalue weighted by Crippen LogP contribution is -2.28. The van der Waals surface area contributed by atoms with Gasteiger partial charge in [0, 0.05) is 12.5 Å². The van der Waals surface area contributed by atoms with Crippen LogP contribution in [0.15, 0.2) is 30.3 Å². The molecule has 0 aromatic heterocycles. The van der Waals surface area contributed by atoms with Gasteiger partial charge in [0.25, 0.3) is 0 Å². The van der Waals surface area contributed by atoms with Crippen LogP contribution in [0.1, 0.15) is 31.9 Å². The number of amides is 1. The zero-order chi connectivity index (χ0) is 13.3. The molecule has 17 heavy (non-hydrogen) atoms. The summed E-state index contributed by atoms with van der Waals surface area (Å²) in [6, 6.07) is 9.76. The minimum atomic E-state index is -0.420. The van der Waals surface area contributed by atoms with Gasteiger partial charge in [0.05, 0.1) is 6.10 Å². The van der Waals surface area contributed by atoms with Crippen molar-refractivity contribution in [1.29, 1.82) is 0 Å². The van der Waals surface area contributed by atoms with E-state index in [-0.39, 0.29) is 11.9 Å². The number of benzene rings is 1. The molecule has 0 bridgehead atoms. The fraction of sp³-hybridized carbons (Fsp3) is 0.462. The number of hydrogen-bond acceptors (Lipinski definition) is 3. The monoisotopic (exact) mass is 238 g/mol. The lowest BCUT2D eigenvalue weighted by Gasteiger charge is -2.17. The molecule has 0 spiro atoms. The molecule has 0 unspecified atom stereocenters. The average Bonchev–Trinajstić information content (AvgIpc) is 2.38. The van der Waals surface area contributed by atoms with Gasteiger partial charge in [0.15, 0.2) is 0 Å². The second-order valence-corrected chi connectivity index (χ2v) is 3.75. The van der Waals surface area contributed by atoms with E-state index in [0.717, 1.165) is 5.56 Å². The Balaban J connectivity index is 0.000000437. The van der Waals surface area contributed by atoms with E-state index in [0.29, 0.717) is 6.42 Å². The normalized spacial score (nSPS) is 13.2. The molecule has 2 atom stereocenters. The Morgan fingerprint density at radius 1 is 1.41 bits per heavy atom. The van der Waals surface area contributed by atoms with Crippen molar-refractivity contribution in [3.8, 4) is 0 Å². The van der Waals surface area contributed by atoms with Gasteiger partial charge in [0.2, 0.25) is 5.91 Å². The summed E-state index contributed by atoms with van der Waals surface area (Å²) in [5.74, 6) is -0.245. The fourth-order valence-corrected chi connectivity index (χ4v) is 1.10. The number of nitrogens with two attached hydrogens (primary N) is 1. The van der Waals surface area contributed by atoms with E-state index < -0.39 is 6.10 Å². The largest absolute Gasteiger partial charge is 0.387 e. The Morgan fingerprint density at radius 3 is 2.24 bits per heavy atom. The summed E-state index contributed by atoms with van der Waals surface area (Å²) in [6.45, 7) is 3.68. The molecule has 0 fully saturated rings. The van der Waals surface area contributed by atoms with Crippen molar-refractivity contribution in [2.24, 2.45) is 5.73 Å². The Bertz CT molecular complexity index is 314. The predicted molar refractivity (Wildman–Crippen MR) is 69.4 cm³/mol. The molecule has 0 aliphatic rings. The number of aliphatic hydroxyl groups is 1. The highest BCUT2D eigenvalue weighted by molar-refractivity contribution is 5.73. The van der Waals surface area contributed by atoms with Gasteiger partial charge in [-0.25, -0.2) is 0 Å². The average molecular weight is 238 g/mol. The van der Waals surface area contributed by atoms with Crippen molar-refractivity contribution in [3.63, 3.8) is 0 Å². The van der Waals surface area contributed by atoms with Crippen LogP contribution in [-0.2, 0) is 4.79 Å². The second-order valence-electron chi connectivity index (χ2n) is 3.75. The van der Waals surface area contributed by atoms with E-state index in [1.807, 2.05) is 44.3 Å². The lowest BCUT2D eigenvalue weighted by molar-refractivity contribution is -0.117. The van der Waals surface area contributed by atoms with Crippen LogP contribution in [-0.4, -0.2) is 24.1 Å². The third-order valence-corrected chi connectivity index (χ3v) is 2.42. The van der Waals surface area contributed by atoms with Crippen LogP contribution in [0.5, 0.6) is 0 Å². The van der Waals surface area contributed by atoms with E-state index in [1.54, 1.807) is 6.92 Å². The van der Waals surface area contributed by atoms with Gasteiger partial charge in [-0.1, -0.05) is 37.3 Å². The number of hydrogen-bond donors (Lipinski definition) is 3. The van der Waals surface area contributed by atoms with E-state index >= 15 is 0 Å². The summed E-state index contributed by atoms with van der Waals surface area (Å²) in [5.41, 5.74) is 5.61. The van der Waals surface area contributed by atoms with Crippen molar-refractivity contribution < 1.29 is 9.90 Å². The summed E-state index contributed by atoms with van der Waals surface area (Å²) >= 11 is 0. The summed E-state index contributed by atoms with van der Waals surface area (Å²) in [5, 5.41) is 12.7. The van der Waals surface area contributed by atoms with E-state index in [2.05, 4.69) is 11.1 Å². The van der Waals surface area contributed by atoms with Gasteiger partial charge in [-0.2, -0.15) is 0 Å². The van der Waals surface area contributed by atoms with Crippen molar-refractivity contribution in [2.75, 3.05) is 7.05 Å². The zero-order valence-electron chi connectivity index (χ0n) is 10.7. The summed E-state index contributed by atoms with van der Waals surface area (Å²) < 4.78 is 0. The number of likely N-dealkylation sites (N-methyl/N-ethyl adjacent to an activating group) is 1. The Kier molecular flexibility index (Phi) is 8.01. The van der Waals surface area contributed by atoms with Crippen LogP contribution in [0.25, 0.3) is 0 Å². The molecular formula is C13H22N2O2. The van der Waals surface area contributed by atoms with Crippen LogP contribution in [0, 0.1) is 0 Å². The maximum atomic E-state index is 9.73. The molecule has 4 nitrogen and oxygen atoms in total. The number of rotatable bonds is 4. The molecule has 1 aromatic carbocycles. The van der Waals surface area contributed by atoms with Crippen LogP contribution in [0.4, 0.5) is 0 Å². The number of nitrogens with one attached hydrogen (secondary N) is 1. The third-order valence-electron chi connectivity index (χ3n) is 2.42. The van der Waals surface area contributed by atoms with Crippen molar-refractivity contribution in [1.82, 2.24) is 5.32 Å². The first-order chi connectivity index (χ1) is 8.02. The van der Waals surface area contributed by atoms with Crippen LogP contribution in [0.3, 0.4) is 0 Å². The highest BCUT2D eigenvalue weighted by atomic mass is 16.3. The molecule has 0 aliphatic heterocycles. The Labute approximate surface area is 103 Å². The van der Waals surface area contributed by atoms with E-state index in [1.165, 1.54) is 0 Å². The number of carbonyl (C=O) groups excluding carboxylic acids is 1. The number of aliphatic hydroxyl groups excluding tert-OH is 1. The standard InChI is InChI=1S/C10H15NO.C3H7NO/c1-8(11-2)10(12)9-6-4-3-5-7-9;1-2-3(4)5/h3-8,10-12H,1-2H3;2H2,1H3,(H2,4,5)/t8-,10+;/m0./s1. The first-order valence-electron chi connectivity index (χ1n) is 5.71. The van der Waals surface area contributed by atoms with Crippen molar-refractivity contribution in [2.45, 2.75) is 32.4 Å². The van der Waals surface area contributed by atoms with Gasteiger partial charge in [0.1, 0.15) is 0 Å². The van der Waals surface area contributed by atoms with E-state index in [9.17, 15) is 9.90 Å². The highest BCUT2D eigenvalue weighted by Crippen LogP contribution is 2.15. The number of primary amides is 1. The molecule has 4 N–H and O–H groups in total. The maximum Gasteiger partial charge on any atom is 0.217 e. The van der Waals surface area contributed by atoms with Gasteiger partial charge in [-0.05, 0) is 19.5 Å². The first kappa shape index (κ1) is 15.6. The quantitative estimate of drug-likeness (QED) is 0.738. The molecule has 0 saturated carbocycles. The highest BCUT2D eigenvalue weighted by Gasteiger charge is 2.12. The SMILES string of the molecule is CCC(N)=O.CN[C@@H](C)[C@@H](O)c1ccccc1. The van der Waals surface area contributed by atoms with Crippen LogP contribution in [0.2, 0.25) is 0 Å².